The number of rotatable bonds is 8. The third kappa shape index (κ3) is 5.41. The fraction of sp³-hybridized carbons (Fsp3) is 0.133. The number of fused-ring (bicyclic) bond motifs is 3. The van der Waals surface area contributed by atoms with Crippen LogP contribution in [0.5, 0.6) is 0 Å². The molecule has 4 aromatic carbocycles. The smallest absolute Gasteiger partial charge is 0.230 e. The number of nitrogens with zero attached hydrogens (tertiary/aromatic N) is 3. The van der Waals surface area contributed by atoms with Gasteiger partial charge in [0.2, 0.25) is 16.9 Å². The summed E-state index contributed by atoms with van der Waals surface area (Å²) in [4.78, 5) is 6.71. The molecule has 2 N–H and O–H groups in total. The van der Waals surface area contributed by atoms with Crippen LogP contribution in [0.25, 0.3) is 27.4 Å². The molecular formula is C30H28IN3O2. The van der Waals surface area contributed by atoms with Gasteiger partial charge in [-0.05, 0) is 47.2 Å². The Bertz CT molecular complexity index is 1470. The van der Waals surface area contributed by atoms with E-state index < -0.39 is 0 Å². The molecule has 0 radical (unpaired) electrons. The van der Waals surface area contributed by atoms with Crippen molar-refractivity contribution in [2.24, 2.45) is 4.99 Å². The van der Waals surface area contributed by atoms with Gasteiger partial charge in [-0.15, -0.1) is 0 Å². The van der Waals surface area contributed by atoms with Crippen LogP contribution in [0, 0.1) is 0 Å². The van der Waals surface area contributed by atoms with Crippen molar-refractivity contribution in [3.8, 4) is 5.69 Å². The summed E-state index contributed by atoms with van der Waals surface area (Å²) in [6.07, 6.45) is 1.90. The Morgan fingerprint density at radius 3 is 2.11 bits per heavy atom. The topological polar surface area (TPSA) is 59.9 Å². The molecule has 0 saturated carbocycles. The van der Waals surface area contributed by atoms with E-state index in [0.29, 0.717) is 13.1 Å². The SMILES string of the molecule is OCCN(CCO)c1ccc(N=Cc2ccc3c4ccccc4ccc3[n+]2-c2ccccc2)cc1.[I-]. The highest BCUT2D eigenvalue weighted by Crippen LogP contribution is 2.25. The minimum Gasteiger partial charge on any atom is -1.00 e. The number of aliphatic imine (C=N–C) groups is 1. The van der Waals surface area contributed by atoms with Gasteiger partial charge in [-0.1, -0.05) is 42.5 Å². The van der Waals surface area contributed by atoms with E-state index in [1.165, 1.54) is 16.2 Å². The van der Waals surface area contributed by atoms with Crippen molar-refractivity contribution in [2.75, 3.05) is 31.2 Å². The minimum atomic E-state index is 0. The van der Waals surface area contributed by atoms with Gasteiger partial charge in [0.1, 0.15) is 0 Å². The van der Waals surface area contributed by atoms with E-state index >= 15 is 0 Å². The molecule has 5 aromatic rings. The van der Waals surface area contributed by atoms with Gasteiger partial charge in [0.05, 0.1) is 30.5 Å². The van der Waals surface area contributed by atoms with Crippen LogP contribution in [0.15, 0.2) is 108 Å². The molecule has 182 valence electrons. The predicted molar refractivity (Wildman–Crippen MR) is 143 cm³/mol. The normalized spacial score (nSPS) is 11.2. The van der Waals surface area contributed by atoms with Crippen molar-refractivity contribution in [3.05, 3.63) is 109 Å². The molecule has 0 aliphatic rings. The molecule has 5 nitrogen and oxygen atoms in total. The van der Waals surface area contributed by atoms with Crippen molar-refractivity contribution in [1.29, 1.82) is 0 Å². The number of benzene rings is 4. The number of aliphatic hydroxyl groups excluding tert-OH is 2. The van der Waals surface area contributed by atoms with Crippen LogP contribution >= 0.6 is 0 Å². The van der Waals surface area contributed by atoms with E-state index in [9.17, 15) is 10.2 Å². The summed E-state index contributed by atoms with van der Waals surface area (Å²) in [6.45, 7) is 1.03. The summed E-state index contributed by atoms with van der Waals surface area (Å²) < 4.78 is 2.24. The van der Waals surface area contributed by atoms with Crippen LogP contribution < -0.4 is 33.4 Å². The lowest BCUT2D eigenvalue weighted by Crippen LogP contribution is -3.00. The first-order valence-electron chi connectivity index (χ1n) is 11.8. The van der Waals surface area contributed by atoms with Gasteiger partial charge < -0.3 is 39.1 Å². The van der Waals surface area contributed by atoms with Crippen LogP contribution in [-0.4, -0.2) is 42.7 Å². The second kappa shape index (κ2) is 12.1. The number of aliphatic hydroxyl groups is 2. The van der Waals surface area contributed by atoms with Crippen molar-refractivity contribution >= 4 is 39.3 Å². The number of para-hydroxylation sites is 1. The Balaban J connectivity index is 0.00000304. The first-order chi connectivity index (χ1) is 17.3. The van der Waals surface area contributed by atoms with E-state index in [1.807, 2.05) is 53.6 Å². The van der Waals surface area contributed by atoms with Gasteiger partial charge in [-0.2, -0.15) is 4.57 Å². The summed E-state index contributed by atoms with van der Waals surface area (Å²) in [5, 5.41) is 22.2. The van der Waals surface area contributed by atoms with Gasteiger partial charge in [0, 0.05) is 43.0 Å². The lowest BCUT2D eigenvalue weighted by atomic mass is 10.0. The van der Waals surface area contributed by atoms with Crippen LogP contribution in [0.2, 0.25) is 0 Å². The molecular weight excluding hydrogens is 561 g/mol. The zero-order chi connectivity index (χ0) is 24.0. The van der Waals surface area contributed by atoms with Gasteiger partial charge >= 0.3 is 0 Å². The quantitative estimate of drug-likeness (QED) is 0.126. The number of hydrogen-bond donors (Lipinski definition) is 2. The molecule has 0 aliphatic carbocycles. The molecule has 1 heterocycles. The first-order valence-corrected chi connectivity index (χ1v) is 11.8. The molecule has 1 aromatic heterocycles. The Kier molecular flexibility index (Phi) is 8.64. The lowest BCUT2D eigenvalue weighted by molar-refractivity contribution is -0.568. The van der Waals surface area contributed by atoms with Crippen LogP contribution in [-0.2, 0) is 0 Å². The minimum absolute atomic E-state index is 0. The zero-order valence-electron chi connectivity index (χ0n) is 19.8. The van der Waals surface area contributed by atoms with E-state index in [-0.39, 0.29) is 37.2 Å². The first kappa shape index (κ1) is 25.8. The van der Waals surface area contributed by atoms with Crippen LogP contribution in [0.3, 0.4) is 0 Å². The van der Waals surface area contributed by atoms with Crippen LogP contribution in [0.1, 0.15) is 5.69 Å². The molecule has 0 bridgehead atoms. The molecule has 36 heavy (non-hydrogen) atoms. The Morgan fingerprint density at radius 1 is 0.694 bits per heavy atom. The molecule has 6 heteroatoms. The highest BCUT2D eigenvalue weighted by atomic mass is 127. The summed E-state index contributed by atoms with van der Waals surface area (Å²) in [5.41, 5.74) is 4.96. The Hall–Kier alpha value is -3.33. The van der Waals surface area contributed by atoms with Crippen molar-refractivity contribution < 1.29 is 38.8 Å². The number of hydrogen-bond acceptors (Lipinski definition) is 4. The van der Waals surface area contributed by atoms with E-state index in [4.69, 9.17) is 4.99 Å². The van der Waals surface area contributed by atoms with Gasteiger partial charge in [0.15, 0.2) is 0 Å². The third-order valence-electron chi connectivity index (χ3n) is 6.18. The molecule has 5 rings (SSSR count). The van der Waals surface area contributed by atoms with E-state index in [2.05, 4.69) is 65.2 Å². The van der Waals surface area contributed by atoms with Gasteiger partial charge in [0.25, 0.3) is 0 Å². The molecule has 0 amide bonds. The molecule has 0 unspecified atom stereocenters. The molecule has 0 aliphatic heterocycles. The number of halogens is 1. The Labute approximate surface area is 228 Å². The van der Waals surface area contributed by atoms with Crippen LogP contribution in [0.4, 0.5) is 11.4 Å². The second-order valence-electron chi connectivity index (χ2n) is 8.36. The standard InChI is InChI=1S/C30H28N3O2.HI/c34-20-18-32(19-21-35)25-13-11-24(12-14-25)31-22-27-15-16-29-28-9-5-4-6-23(28)10-17-30(29)33(27)26-7-2-1-3-8-26;/h1-17,22,34-35H,18-21H2;1H/q+1;/p-1. The molecule has 0 spiro atoms. The maximum absolute atomic E-state index is 9.29. The zero-order valence-corrected chi connectivity index (χ0v) is 22.0. The highest BCUT2D eigenvalue weighted by molar-refractivity contribution is 6.05. The molecule has 0 atom stereocenters. The monoisotopic (exact) mass is 589 g/mol. The van der Waals surface area contributed by atoms with Crippen molar-refractivity contribution in [3.63, 3.8) is 0 Å². The number of anilines is 1. The number of aromatic nitrogens is 1. The fourth-order valence-electron chi connectivity index (χ4n) is 4.50. The average molecular weight is 589 g/mol. The van der Waals surface area contributed by atoms with E-state index in [0.717, 1.165) is 28.3 Å². The van der Waals surface area contributed by atoms with Crippen molar-refractivity contribution in [1.82, 2.24) is 0 Å². The largest absolute Gasteiger partial charge is 1.00 e. The lowest BCUT2D eigenvalue weighted by Gasteiger charge is -2.22. The third-order valence-corrected chi connectivity index (χ3v) is 6.18. The summed E-state index contributed by atoms with van der Waals surface area (Å²) in [5.74, 6) is 0. The van der Waals surface area contributed by atoms with Gasteiger partial charge in [-0.3, -0.25) is 0 Å². The summed E-state index contributed by atoms with van der Waals surface area (Å²) >= 11 is 0. The van der Waals surface area contributed by atoms with Crippen molar-refractivity contribution in [2.45, 2.75) is 0 Å². The second-order valence-corrected chi connectivity index (χ2v) is 8.36. The maximum atomic E-state index is 9.29. The summed E-state index contributed by atoms with van der Waals surface area (Å²) in [7, 11) is 0. The maximum Gasteiger partial charge on any atom is 0.230 e. The average Bonchev–Trinajstić information content (AvgIpc) is 2.92. The number of pyridine rings is 1. The molecule has 0 saturated heterocycles. The highest BCUT2D eigenvalue weighted by Gasteiger charge is 2.18. The fourth-order valence-corrected chi connectivity index (χ4v) is 4.50. The molecule has 0 fully saturated rings. The summed E-state index contributed by atoms with van der Waals surface area (Å²) in [6, 6.07) is 35.3. The van der Waals surface area contributed by atoms with E-state index in [1.54, 1.807) is 0 Å². The predicted octanol–water partition coefficient (Wildman–Crippen LogP) is 1.82. The van der Waals surface area contributed by atoms with Gasteiger partial charge in [-0.25, -0.2) is 4.99 Å². The Morgan fingerprint density at radius 2 is 1.39 bits per heavy atom.